The molecule has 32 heavy (non-hydrogen) atoms. The Morgan fingerprint density at radius 1 is 1.00 bits per heavy atom. The SMILES string of the molecule is CCOc1cccc2sc(N(CCCN(C)C)C(=O)Cc3cccc4ccccc34)nc12. The van der Waals surface area contributed by atoms with Gasteiger partial charge in [0, 0.05) is 6.54 Å². The molecule has 4 aromatic rings. The number of para-hydroxylation sites is 1. The highest BCUT2D eigenvalue weighted by Gasteiger charge is 2.21. The minimum atomic E-state index is 0.0668. The molecular weight excluding hydrogens is 418 g/mol. The van der Waals surface area contributed by atoms with Crippen molar-refractivity contribution in [1.82, 2.24) is 9.88 Å². The van der Waals surface area contributed by atoms with E-state index in [2.05, 4.69) is 23.1 Å². The van der Waals surface area contributed by atoms with Crippen molar-refractivity contribution in [1.29, 1.82) is 0 Å². The van der Waals surface area contributed by atoms with Crippen molar-refractivity contribution in [2.75, 3.05) is 38.7 Å². The Labute approximate surface area is 193 Å². The highest BCUT2D eigenvalue weighted by Crippen LogP contribution is 2.34. The van der Waals surface area contributed by atoms with Crippen molar-refractivity contribution < 1.29 is 9.53 Å². The monoisotopic (exact) mass is 447 g/mol. The molecule has 1 aromatic heterocycles. The van der Waals surface area contributed by atoms with Gasteiger partial charge >= 0.3 is 0 Å². The zero-order chi connectivity index (χ0) is 22.5. The Kier molecular flexibility index (Phi) is 7.02. The summed E-state index contributed by atoms with van der Waals surface area (Å²) in [6.45, 7) is 4.09. The number of ether oxygens (including phenoxy) is 1. The summed E-state index contributed by atoms with van der Waals surface area (Å²) in [5.41, 5.74) is 1.87. The summed E-state index contributed by atoms with van der Waals surface area (Å²) in [7, 11) is 4.10. The van der Waals surface area contributed by atoms with Crippen molar-refractivity contribution in [2.24, 2.45) is 0 Å². The van der Waals surface area contributed by atoms with E-state index in [0.29, 0.717) is 19.6 Å². The van der Waals surface area contributed by atoms with E-state index in [4.69, 9.17) is 9.72 Å². The van der Waals surface area contributed by atoms with E-state index >= 15 is 0 Å². The summed E-state index contributed by atoms with van der Waals surface area (Å²) in [5, 5.41) is 3.01. The Balaban J connectivity index is 1.66. The molecule has 166 valence electrons. The van der Waals surface area contributed by atoms with Crippen LogP contribution >= 0.6 is 11.3 Å². The third-order valence-corrected chi connectivity index (χ3v) is 6.45. The Morgan fingerprint density at radius 3 is 2.59 bits per heavy atom. The maximum Gasteiger partial charge on any atom is 0.233 e. The molecule has 1 amide bonds. The number of carbonyl (C=O) groups excluding carboxylic acids is 1. The van der Waals surface area contributed by atoms with Crippen LogP contribution in [0.25, 0.3) is 21.0 Å². The third-order valence-electron chi connectivity index (χ3n) is 5.41. The average Bonchev–Trinajstić information content (AvgIpc) is 3.22. The number of aromatic nitrogens is 1. The van der Waals surface area contributed by atoms with Gasteiger partial charge in [0.05, 0.1) is 17.7 Å². The summed E-state index contributed by atoms with van der Waals surface area (Å²) < 4.78 is 6.79. The maximum absolute atomic E-state index is 13.6. The van der Waals surface area contributed by atoms with Gasteiger partial charge in [0.1, 0.15) is 11.3 Å². The molecule has 0 N–H and O–H groups in total. The largest absolute Gasteiger partial charge is 0.492 e. The Morgan fingerprint density at radius 2 is 1.78 bits per heavy atom. The number of thiazole rings is 1. The highest BCUT2D eigenvalue weighted by atomic mass is 32.1. The van der Waals surface area contributed by atoms with Gasteiger partial charge in [-0.3, -0.25) is 9.69 Å². The molecule has 0 aliphatic heterocycles. The van der Waals surface area contributed by atoms with Crippen LogP contribution in [-0.4, -0.2) is 49.6 Å². The van der Waals surface area contributed by atoms with Gasteiger partial charge in [0.2, 0.25) is 5.91 Å². The molecule has 0 aliphatic carbocycles. The molecule has 0 saturated heterocycles. The van der Waals surface area contributed by atoms with E-state index in [9.17, 15) is 4.79 Å². The second-order valence-electron chi connectivity index (χ2n) is 8.05. The van der Waals surface area contributed by atoms with Gasteiger partial charge in [-0.05, 0) is 62.5 Å². The first-order valence-corrected chi connectivity index (χ1v) is 11.8. The number of fused-ring (bicyclic) bond motifs is 2. The molecule has 1 heterocycles. The van der Waals surface area contributed by atoms with Crippen LogP contribution in [0, 0.1) is 0 Å². The molecule has 0 aliphatic rings. The standard InChI is InChI=1S/C26H29N3O2S/c1-4-31-22-14-8-15-23-25(22)27-26(32-23)29(17-9-16-28(2)3)24(30)18-20-12-7-11-19-10-5-6-13-21(19)20/h5-8,10-15H,4,9,16-18H2,1-3H3. The molecule has 5 nitrogen and oxygen atoms in total. The minimum Gasteiger partial charge on any atom is -0.492 e. The lowest BCUT2D eigenvalue weighted by atomic mass is 10.0. The van der Waals surface area contributed by atoms with Gasteiger partial charge in [0.25, 0.3) is 0 Å². The van der Waals surface area contributed by atoms with Crippen LogP contribution in [0.2, 0.25) is 0 Å². The lowest BCUT2D eigenvalue weighted by molar-refractivity contribution is -0.118. The summed E-state index contributed by atoms with van der Waals surface area (Å²) >= 11 is 1.55. The smallest absolute Gasteiger partial charge is 0.233 e. The molecule has 3 aromatic carbocycles. The van der Waals surface area contributed by atoms with E-state index < -0.39 is 0 Å². The lowest BCUT2D eigenvalue weighted by Crippen LogP contribution is -2.34. The molecular formula is C26H29N3O2S. The predicted molar refractivity (Wildman–Crippen MR) is 134 cm³/mol. The molecule has 0 unspecified atom stereocenters. The number of hydrogen-bond acceptors (Lipinski definition) is 5. The second kappa shape index (κ2) is 10.1. The number of benzene rings is 3. The van der Waals surface area contributed by atoms with Gasteiger partial charge in [-0.1, -0.05) is 59.9 Å². The maximum atomic E-state index is 13.6. The lowest BCUT2D eigenvalue weighted by Gasteiger charge is -2.21. The van der Waals surface area contributed by atoms with Gasteiger partial charge < -0.3 is 9.64 Å². The quantitative estimate of drug-likeness (QED) is 0.346. The summed E-state index contributed by atoms with van der Waals surface area (Å²) in [5.74, 6) is 0.833. The third kappa shape index (κ3) is 4.92. The van der Waals surface area contributed by atoms with Gasteiger partial charge in [0.15, 0.2) is 5.13 Å². The van der Waals surface area contributed by atoms with Crippen molar-refractivity contribution in [3.05, 3.63) is 66.2 Å². The zero-order valence-electron chi connectivity index (χ0n) is 18.9. The van der Waals surface area contributed by atoms with E-state index in [1.165, 1.54) is 0 Å². The van der Waals surface area contributed by atoms with Crippen LogP contribution in [0.3, 0.4) is 0 Å². The number of carbonyl (C=O) groups is 1. The zero-order valence-corrected chi connectivity index (χ0v) is 19.7. The number of anilines is 1. The summed E-state index contributed by atoms with van der Waals surface area (Å²) in [4.78, 5) is 22.4. The van der Waals surface area contributed by atoms with Gasteiger partial charge in [-0.25, -0.2) is 4.98 Å². The Bertz CT molecular complexity index is 1210. The average molecular weight is 448 g/mol. The van der Waals surface area contributed by atoms with Gasteiger partial charge in [-0.2, -0.15) is 0 Å². The van der Waals surface area contributed by atoms with Crippen LogP contribution in [-0.2, 0) is 11.2 Å². The summed E-state index contributed by atoms with van der Waals surface area (Å²) in [6, 6.07) is 20.3. The first kappa shape index (κ1) is 22.2. The molecule has 0 atom stereocenters. The van der Waals surface area contributed by atoms with E-state index in [1.807, 2.05) is 68.4 Å². The van der Waals surface area contributed by atoms with Crippen LogP contribution in [0.4, 0.5) is 5.13 Å². The van der Waals surface area contributed by atoms with Crippen molar-refractivity contribution >= 4 is 43.4 Å². The normalized spacial score (nSPS) is 11.4. The fraction of sp³-hybridized carbons (Fsp3) is 0.308. The van der Waals surface area contributed by atoms with Crippen LogP contribution < -0.4 is 9.64 Å². The van der Waals surface area contributed by atoms with E-state index in [1.54, 1.807) is 11.3 Å². The summed E-state index contributed by atoms with van der Waals surface area (Å²) in [6.07, 6.45) is 1.22. The molecule has 6 heteroatoms. The molecule has 4 rings (SSSR count). The van der Waals surface area contributed by atoms with Crippen LogP contribution in [0.15, 0.2) is 60.7 Å². The van der Waals surface area contributed by atoms with Crippen LogP contribution in [0.1, 0.15) is 18.9 Å². The number of nitrogens with zero attached hydrogens (tertiary/aromatic N) is 3. The fourth-order valence-electron chi connectivity index (χ4n) is 3.88. The molecule has 0 spiro atoms. The minimum absolute atomic E-state index is 0.0668. The number of rotatable bonds is 9. The number of hydrogen-bond donors (Lipinski definition) is 0. The van der Waals surface area contributed by atoms with Crippen molar-refractivity contribution in [2.45, 2.75) is 19.8 Å². The van der Waals surface area contributed by atoms with Crippen molar-refractivity contribution in [3.8, 4) is 5.75 Å². The van der Waals surface area contributed by atoms with Crippen molar-refractivity contribution in [3.63, 3.8) is 0 Å². The predicted octanol–water partition coefficient (Wildman–Crippen LogP) is 5.38. The number of amides is 1. The highest BCUT2D eigenvalue weighted by molar-refractivity contribution is 7.22. The fourth-order valence-corrected chi connectivity index (χ4v) is 4.90. The topological polar surface area (TPSA) is 45.7 Å². The van der Waals surface area contributed by atoms with E-state index in [-0.39, 0.29) is 5.91 Å². The molecule has 0 fully saturated rings. The van der Waals surface area contributed by atoms with Crippen LogP contribution in [0.5, 0.6) is 5.75 Å². The first-order chi connectivity index (χ1) is 15.6. The molecule has 0 bridgehead atoms. The molecule has 0 radical (unpaired) electrons. The van der Waals surface area contributed by atoms with Gasteiger partial charge in [-0.15, -0.1) is 0 Å². The second-order valence-corrected chi connectivity index (χ2v) is 9.06. The first-order valence-electron chi connectivity index (χ1n) is 11.0. The Hall–Kier alpha value is -2.96. The molecule has 0 saturated carbocycles. The van der Waals surface area contributed by atoms with E-state index in [0.717, 1.165) is 50.4 Å².